The molecule has 0 radical (unpaired) electrons. The van der Waals surface area contributed by atoms with Gasteiger partial charge in [-0.25, -0.2) is 9.97 Å². The summed E-state index contributed by atoms with van der Waals surface area (Å²) in [6.07, 6.45) is 5.38. The molecule has 1 aromatic heterocycles. The molecule has 1 aromatic carbocycles. The molecule has 0 saturated carbocycles. The van der Waals surface area contributed by atoms with E-state index in [4.69, 9.17) is 0 Å². The summed E-state index contributed by atoms with van der Waals surface area (Å²) in [5.41, 5.74) is 3.60. The highest BCUT2D eigenvalue weighted by atomic mass is 19.3. The third kappa shape index (κ3) is 3.85. The van der Waals surface area contributed by atoms with Crippen LogP contribution in [-0.4, -0.2) is 16.1 Å². The summed E-state index contributed by atoms with van der Waals surface area (Å²) in [6, 6.07) is 7.54. The van der Waals surface area contributed by atoms with E-state index < -0.39 is 6.11 Å². The van der Waals surface area contributed by atoms with Crippen molar-refractivity contribution >= 4 is 5.57 Å². The lowest BCUT2D eigenvalue weighted by molar-refractivity contribution is -0.211. The number of alkyl halides is 2. The van der Waals surface area contributed by atoms with Crippen LogP contribution in [0.3, 0.4) is 0 Å². The van der Waals surface area contributed by atoms with Crippen molar-refractivity contribution in [3.05, 3.63) is 66.7 Å². The van der Waals surface area contributed by atoms with Gasteiger partial charge < -0.3 is 4.74 Å². The normalized spacial score (nSPS) is 16.2. The summed E-state index contributed by atoms with van der Waals surface area (Å²) in [7, 11) is 0. The topological polar surface area (TPSA) is 35.0 Å². The SMILES string of the molecule is C=CCCc1cnc(-c2ccc(C3=COC(F)(F)CC3)cc2)nc1. The number of rotatable bonds is 5. The lowest BCUT2D eigenvalue weighted by atomic mass is 9.99. The standard InChI is InChI=1S/C19H18F2N2O/c1-2-3-4-14-11-22-18(23-12-14)16-7-5-15(6-8-16)17-9-10-19(20,21)24-13-17/h2,5-8,11-13H,1,3-4,9-10H2. The molecule has 0 spiro atoms. The molecule has 3 nitrogen and oxygen atoms in total. The molecule has 2 heterocycles. The number of ether oxygens (including phenoxy) is 1. The van der Waals surface area contributed by atoms with E-state index in [-0.39, 0.29) is 6.42 Å². The first-order valence-corrected chi connectivity index (χ1v) is 7.85. The summed E-state index contributed by atoms with van der Waals surface area (Å²) < 4.78 is 30.5. The maximum atomic E-state index is 13.0. The number of hydrogen-bond acceptors (Lipinski definition) is 3. The van der Waals surface area contributed by atoms with Gasteiger partial charge in [0.1, 0.15) is 0 Å². The van der Waals surface area contributed by atoms with Gasteiger partial charge in [-0.2, -0.15) is 8.78 Å². The maximum Gasteiger partial charge on any atom is 0.397 e. The summed E-state index contributed by atoms with van der Waals surface area (Å²) in [6.45, 7) is 3.70. The average Bonchev–Trinajstić information content (AvgIpc) is 2.61. The van der Waals surface area contributed by atoms with Crippen molar-refractivity contribution in [1.29, 1.82) is 0 Å². The highest BCUT2D eigenvalue weighted by Gasteiger charge is 2.33. The number of halogens is 2. The first-order valence-electron chi connectivity index (χ1n) is 7.85. The highest BCUT2D eigenvalue weighted by Crippen LogP contribution is 2.34. The Morgan fingerprint density at radius 2 is 1.79 bits per heavy atom. The minimum atomic E-state index is -3.05. The molecular weight excluding hydrogens is 310 g/mol. The number of nitrogens with zero attached hydrogens (tertiary/aromatic N) is 2. The van der Waals surface area contributed by atoms with E-state index in [1.807, 2.05) is 42.7 Å². The molecular formula is C19H18F2N2O. The fourth-order valence-corrected chi connectivity index (χ4v) is 2.50. The van der Waals surface area contributed by atoms with Crippen LogP contribution in [0.1, 0.15) is 30.4 Å². The molecule has 5 heteroatoms. The van der Waals surface area contributed by atoms with Crippen LogP contribution < -0.4 is 0 Å². The minimum absolute atomic E-state index is 0.293. The summed E-state index contributed by atoms with van der Waals surface area (Å²) in [4.78, 5) is 8.76. The molecule has 0 bridgehead atoms. The van der Waals surface area contributed by atoms with E-state index in [9.17, 15) is 8.78 Å². The van der Waals surface area contributed by atoms with E-state index in [1.165, 1.54) is 0 Å². The van der Waals surface area contributed by atoms with E-state index in [1.54, 1.807) is 0 Å². The smallest absolute Gasteiger partial charge is 0.397 e. The Morgan fingerprint density at radius 1 is 1.12 bits per heavy atom. The van der Waals surface area contributed by atoms with Gasteiger partial charge in [-0.05, 0) is 36.0 Å². The Hall–Kier alpha value is -2.56. The molecule has 24 heavy (non-hydrogen) atoms. The largest absolute Gasteiger partial charge is 0.440 e. The fourth-order valence-electron chi connectivity index (χ4n) is 2.50. The first-order chi connectivity index (χ1) is 11.6. The fraction of sp³-hybridized carbons (Fsp3) is 0.263. The monoisotopic (exact) mass is 328 g/mol. The summed E-state index contributed by atoms with van der Waals surface area (Å²) in [5.74, 6) is 0.643. The summed E-state index contributed by atoms with van der Waals surface area (Å²) in [5, 5.41) is 0. The van der Waals surface area contributed by atoms with Crippen LogP contribution in [0.15, 0.2) is 55.6 Å². The number of hydrogen-bond donors (Lipinski definition) is 0. The quantitative estimate of drug-likeness (QED) is 0.724. The van der Waals surface area contributed by atoms with Crippen LogP contribution in [0.25, 0.3) is 17.0 Å². The van der Waals surface area contributed by atoms with Crippen molar-refractivity contribution in [2.75, 3.05) is 0 Å². The van der Waals surface area contributed by atoms with Gasteiger partial charge in [0.05, 0.1) is 12.7 Å². The van der Waals surface area contributed by atoms with Gasteiger partial charge in [0, 0.05) is 18.0 Å². The molecule has 0 N–H and O–H groups in total. The lowest BCUT2D eigenvalue weighted by Crippen LogP contribution is -2.21. The van der Waals surface area contributed by atoms with Crippen molar-refractivity contribution in [1.82, 2.24) is 9.97 Å². The van der Waals surface area contributed by atoms with E-state index >= 15 is 0 Å². The summed E-state index contributed by atoms with van der Waals surface area (Å²) >= 11 is 0. The van der Waals surface area contributed by atoms with Gasteiger partial charge in [-0.3, -0.25) is 0 Å². The van der Waals surface area contributed by atoms with Crippen molar-refractivity contribution in [3.8, 4) is 11.4 Å². The predicted molar refractivity (Wildman–Crippen MR) is 89.2 cm³/mol. The second-order valence-corrected chi connectivity index (χ2v) is 5.72. The van der Waals surface area contributed by atoms with E-state index in [2.05, 4.69) is 21.3 Å². The highest BCUT2D eigenvalue weighted by molar-refractivity contribution is 5.68. The number of benzene rings is 1. The Morgan fingerprint density at radius 3 is 2.38 bits per heavy atom. The van der Waals surface area contributed by atoms with Crippen molar-refractivity contribution in [2.45, 2.75) is 31.8 Å². The van der Waals surface area contributed by atoms with E-state index in [0.717, 1.165) is 41.4 Å². The Balaban J connectivity index is 1.73. The molecule has 1 aliphatic heterocycles. The second kappa shape index (κ2) is 6.91. The van der Waals surface area contributed by atoms with E-state index in [0.29, 0.717) is 12.2 Å². The lowest BCUT2D eigenvalue weighted by Gasteiger charge is -2.22. The first kappa shape index (κ1) is 16.3. The molecule has 1 aliphatic rings. The van der Waals surface area contributed by atoms with Crippen LogP contribution in [0, 0.1) is 0 Å². The second-order valence-electron chi connectivity index (χ2n) is 5.72. The van der Waals surface area contributed by atoms with Gasteiger partial charge in [-0.1, -0.05) is 30.3 Å². The molecule has 124 valence electrons. The predicted octanol–water partition coefficient (Wildman–Crippen LogP) is 5.01. The van der Waals surface area contributed by atoms with Gasteiger partial charge in [-0.15, -0.1) is 6.58 Å². The molecule has 3 rings (SSSR count). The minimum Gasteiger partial charge on any atom is -0.440 e. The van der Waals surface area contributed by atoms with Gasteiger partial charge in [0.15, 0.2) is 5.82 Å². The van der Waals surface area contributed by atoms with Crippen LogP contribution in [-0.2, 0) is 11.2 Å². The van der Waals surface area contributed by atoms with Crippen LogP contribution in [0.4, 0.5) is 8.78 Å². The van der Waals surface area contributed by atoms with Crippen LogP contribution in [0.2, 0.25) is 0 Å². The molecule has 0 saturated heterocycles. The zero-order chi connectivity index (χ0) is 17.0. The molecule has 0 unspecified atom stereocenters. The maximum absolute atomic E-state index is 13.0. The third-order valence-electron chi connectivity index (χ3n) is 3.92. The Kier molecular flexibility index (Phi) is 4.69. The Labute approximate surface area is 139 Å². The number of aromatic nitrogens is 2. The molecule has 2 aromatic rings. The van der Waals surface area contributed by atoms with Crippen molar-refractivity contribution < 1.29 is 13.5 Å². The number of allylic oxidation sites excluding steroid dienone is 2. The zero-order valence-electron chi connectivity index (χ0n) is 13.2. The molecule has 0 aliphatic carbocycles. The van der Waals surface area contributed by atoms with Gasteiger partial charge >= 0.3 is 6.11 Å². The van der Waals surface area contributed by atoms with Gasteiger partial charge in [0.25, 0.3) is 0 Å². The zero-order valence-corrected chi connectivity index (χ0v) is 13.2. The van der Waals surface area contributed by atoms with Crippen LogP contribution >= 0.6 is 0 Å². The average molecular weight is 328 g/mol. The molecule has 0 amide bonds. The molecule has 0 fully saturated rings. The van der Waals surface area contributed by atoms with Gasteiger partial charge in [0.2, 0.25) is 0 Å². The third-order valence-corrected chi connectivity index (χ3v) is 3.92. The number of aryl methyl sites for hydroxylation is 1. The van der Waals surface area contributed by atoms with Crippen molar-refractivity contribution in [3.63, 3.8) is 0 Å². The molecule has 0 atom stereocenters. The van der Waals surface area contributed by atoms with Crippen molar-refractivity contribution in [2.24, 2.45) is 0 Å². The Bertz CT molecular complexity index is 737. The van der Waals surface area contributed by atoms with Crippen LogP contribution in [0.5, 0.6) is 0 Å².